The van der Waals surface area contributed by atoms with Crippen LogP contribution in [-0.4, -0.2) is 11.9 Å². The zero-order valence-corrected chi connectivity index (χ0v) is 11.0. The summed E-state index contributed by atoms with van der Waals surface area (Å²) in [6.07, 6.45) is 6.04. The van der Waals surface area contributed by atoms with Crippen LogP contribution in [0.15, 0.2) is 30.3 Å². The Morgan fingerprint density at radius 3 is 2.67 bits per heavy atom. The monoisotopic (exact) mass is 246 g/mol. The van der Waals surface area contributed by atoms with Gasteiger partial charge in [0.15, 0.2) is 0 Å². The topological polar surface area (TPSA) is 41.1 Å². The molecule has 1 aliphatic carbocycles. The van der Waals surface area contributed by atoms with Crippen LogP contribution in [0.2, 0.25) is 0 Å². The third-order valence-corrected chi connectivity index (χ3v) is 3.68. The number of carbonyl (C=O) groups excluding carboxylic acids is 1. The van der Waals surface area contributed by atoms with Gasteiger partial charge in [-0.15, -0.1) is 0 Å². The van der Waals surface area contributed by atoms with Crippen molar-refractivity contribution in [2.24, 2.45) is 5.92 Å². The number of amides is 1. The standard InChI is InChI=1S/C15H22N2O/c1-12(18)16-17-15-10-6-5-9-14(15)11-13-7-3-2-4-8-13/h2-4,7-8,14-15,17H,5-6,9-11H2,1H3,(H,16,18)/t14-,15+/m0/s1. The van der Waals surface area contributed by atoms with Crippen LogP contribution in [0.1, 0.15) is 38.2 Å². The largest absolute Gasteiger partial charge is 0.292 e. The van der Waals surface area contributed by atoms with Gasteiger partial charge in [-0.05, 0) is 30.7 Å². The predicted molar refractivity (Wildman–Crippen MR) is 72.8 cm³/mol. The number of nitrogens with one attached hydrogen (secondary N) is 2. The van der Waals surface area contributed by atoms with Crippen LogP contribution in [0.4, 0.5) is 0 Å². The predicted octanol–water partition coefficient (Wildman–Crippen LogP) is 2.43. The van der Waals surface area contributed by atoms with Crippen molar-refractivity contribution in [2.45, 2.75) is 45.1 Å². The fraction of sp³-hybridized carbons (Fsp3) is 0.533. The van der Waals surface area contributed by atoms with Crippen molar-refractivity contribution in [2.75, 3.05) is 0 Å². The number of hydrazine groups is 1. The Balaban J connectivity index is 1.93. The van der Waals surface area contributed by atoms with Gasteiger partial charge in [-0.3, -0.25) is 10.2 Å². The van der Waals surface area contributed by atoms with Crippen molar-refractivity contribution in [1.29, 1.82) is 0 Å². The van der Waals surface area contributed by atoms with E-state index in [0.717, 1.165) is 12.8 Å². The van der Waals surface area contributed by atoms with Gasteiger partial charge in [0.1, 0.15) is 0 Å². The Morgan fingerprint density at radius 2 is 1.94 bits per heavy atom. The Morgan fingerprint density at radius 1 is 1.22 bits per heavy atom. The third-order valence-electron chi connectivity index (χ3n) is 3.68. The summed E-state index contributed by atoms with van der Waals surface area (Å²) in [5.74, 6) is 0.604. The molecule has 3 nitrogen and oxygen atoms in total. The first kappa shape index (κ1) is 13.1. The van der Waals surface area contributed by atoms with Gasteiger partial charge >= 0.3 is 0 Å². The molecule has 1 aliphatic rings. The summed E-state index contributed by atoms with van der Waals surface area (Å²) >= 11 is 0. The Hall–Kier alpha value is -1.35. The number of rotatable bonds is 4. The highest BCUT2D eigenvalue weighted by Crippen LogP contribution is 2.27. The molecule has 0 unspecified atom stereocenters. The lowest BCUT2D eigenvalue weighted by Crippen LogP contribution is -2.48. The molecular formula is C15H22N2O. The van der Waals surface area contributed by atoms with E-state index < -0.39 is 0 Å². The maximum atomic E-state index is 11.0. The van der Waals surface area contributed by atoms with Gasteiger partial charge < -0.3 is 0 Å². The van der Waals surface area contributed by atoms with Gasteiger partial charge in [-0.2, -0.15) is 0 Å². The zero-order valence-electron chi connectivity index (χ0n) is 11.0. The highest BCUT2D eigenvalue weighted by atomic mass is 16.2. The molecule has 1 amide bonds. The fourth-order valence-electron chi connectivity index (χ4n) is 2.75. The molecule has 1 fully saturated rings. The minimum absolute atomic E-state index is 0.0148. The molecule has 0 saturated heterocycles. The van der Waals surface area contributed by atoms with Crippen LogP contribution in [0.25, 0.3) is 0 Å². The fourth-order valence-corrected chi connectivity index (χ4v) is 2.75. The van der Waals surface area contributed by atoms with E-state index in [-0.39, 0.29) is 5.91 Å². The van der Waals surface area contributed by atoms with E-state index in [0.29, 0.717) is 12.0 Å². The lowest BCUT2D eigenvalue weighted by molar-refractivity contribution is -0.120. The van der Waals surface area contributed by atoms with Gasteiger partial charge in [-0.1, -0.05) is 43.2 Å². The summed E-state index contributed by atoms with van der Waals surface area (Å²) in [7, 11) is 0. The van der Waals surface area contributed by atoms with Gasteiger partial charge in [-0.25, -0.2) is 5.43 Å². The average Bonchev–Trinajstić information content (AvgIpc) is 2.39. The van der Waals surface area contributed by atoms with Crippen LogP contribution in [-0.2, 0) is 11.2 Å². The number of hydrogen-bond acceptors (Lipinski definition) is 2. The maximum Gasteiger partial charge on any atom is 0.230 e. The van der Waals surface area contributed by atoms with Crippen molar-refractivity contribution < 1.29 is 4.79 Å². The summed E-state index contributed by atoms with van der Waals surface area (Å²) in [6.45, 7) is 1.54. The smallest absolute Gasteiger partial charge is 0.230 e. The molecule has 0 aromatic heterocycles. The molecule has 98 valence electrons. The molecule has 0 spiro atoms. The van der Waals surface area contributed by atoms with E-state index >= 15 is 0 Å². The van der Waals surface area contributed by atoms with Gasteiger partial charge in [0.05, 0.1) is 0 Å². The van der Waals surface area contributed by atoms with Crippen molar-refractivity contribution in [3.05, 3.63) is 35.9 Å². The van der Waals surface area contributed by atoms with Crippen LogP contribution in [0.5, 0.6) is 0 Å². The highest BCUT2D eigenvalue weighted by Gasteiger charge is 2.25. The molecule has 0 aliphatic heterocycles. The van der Waals surface area contributed by atoms with Crippen molar-refractivity contribution in [3.63, 3.8) is 0 Å². The molecule has 0 heterocycles. The highest BCUT2D eigenvalue weighted by molar-refractivity contribution is 5.72. The molecule has 2 N–H and O–H groups in total. The normalized spacial score (nSPS) is 23.6. The second kappa shape index (κ2) is 6.55. The van der Waals surface area contributed by atoms with Gasteiger partial charge in [0, 0.05) is 13.0 Å². The molecular weight excluding hydrogens is 224 g/mol. The first-order chi connectivity index (χ1) is 8.75. The molecule has 0 bridgehead atoms. The van der Waals surface area contributed by atoms with Gasteiger partial charge in [0.25, 0.3) is 0 Å². The van der Waals surface area contributed by atoms with Crippen molar-refractivity contribution in [1.82, 2.24) is 10.9 Å². The van der Waals surface area contributed by atoms with Crippen LogP contribution < -0.4 is 10.9 Å². The molecule has 0 radical (unpaired) electrons. The summed E-state index contributed by atoms with van der Waals surface area (Å²) in [5.41, 5.74) is 7.32. The van der Waals surface area contributed by atoms with Gasteiger partial charge in [0.2, 0.25) is 5.91 Å². The van der Waals surface area contributed by atoms with E-state index in [1.54, 1.807) is 6.92 Å². The first-order valence-electron chi connectivity index (χ1n) is 6.82. The quantitative estimate of drug-likeness (QED) is 0.801. The maximum absolute atomic E-state index is 11.0. The Kier molecular flexibility index (Phi) is 4.76. The molecule has 2 rings (SSSR count). The average molecular weight is 246 g/mol. The Labute approximate surface area is 109 Å². The summed E-state index contributed by atoms with van der Waals surface area (Å²) in [5, 5.41) is 0. The third kappa shape index (κ3) is 3.84. The molecule has 18 heavy (non-hydrogen) atoms. The van der Waals surface area contributed by atoms with Crippen LogP contribution in [0.3, 0.4) is 0 Å². The lowest BCUT2D eigenvalue weighted by atomic mass is 9.81. The van der Waals surface area contributed by atoms with Crippen molar-refractivity contribution >= 4 is 5.91 Å². The van der Waals surface area contributed by atoms with E-state index in [1.807, 2.05) is 0 Å². The van der Waals surface area contributed by atoms with Crippen molar-refractivity contribution in [3.8, 4) is 0 Å². The number of carbonyl (C=O) groups is 1. The second-order valence-electron chi connectivity index (χ2n) is 5.17. The molecule has 1 aromatic carbocycles. The van der Waals surface area contributed by atoms with Crippen LogP contribution in [0, 0.1) is 5.92 Å². The molecule has 3 heteroatoms. The van der Waals surface area contributed by atoms with E-state index in [2.05, 4.69) is 41.2 Å². The number of hydrogen-bond donors (Lipinski definition) is 2. The first-order valence-corrected chi connectivity index (χ1v) is 6.82. The molecule has 2 atom stereocenters. The Bertz CT molecular complexity index is 377. The SMILES string of the molecule is CC(=O)NN[C@@H]1CCCC[C@H]1Cc1ccccc1. The zero-order chi connectivity index (χ0) is 12.8. The lowest BCUT2D eigenvalue weighted by Gasteiger charge is -2.32. The molecule has 1 saturated carbocycles. The second-order valence-corrected chi connectivity index (χ2v) is 5.17. The van der Waals surface area contributed by atoms with E-state index in [4.69, 9.17) is 0 Å². The van der Waals surface area contributed by atoms with E-state index in [1.165, 1.54) is 24.8 Å². The number of benzene rings is 1. The summed E-state index contributed by atoms with van der Waals surface area (Å²) in [4.78, 5) is 11.0. The van der Waals surface area contributed by atoms with E-state index in [9.17, 15) is 4.79 Å². The summed E-state index contributed by atoms with van der Waals surface area (Å²) in [6, 6.07) is 11.0. The molecule has 1 aromatic rings. The minimum Gasteiger partial charge on any atom is -0.292 e. The minimum atomic E-state index is -0.0148. The van der Waals surface area contributed by atoms with Crippen LogP contribution >= 0.6 is 0 Å². The summed E-state index contributed by atoms with van der Waals surface area (Å²) < 4.78 is 0.